The van der Waals surface area contributed by atoms with Crippen LogP contribution in [0.5, 0.6) is 0 Å². The molecule has 1 atom stereocenters. The van der Waals surface area contributed by atoms with Crippen molar-refractivity contribution in [1.29, 1.82) is 5.26 Å². The number of aliphatic hydroxyl groups excluding tert-OH is 1. The first kappa shape index (κ1) is 18.7. The number of rotatable bonds is 4. The van der Waals surface area contributed by atoms with E-state index in [0.29, 0.717) is 36.0 Å². The van der Waals surface area contributed by atoms with E-state index in [1.165, 1.54) is 25.8 Å². The lowest BCUT2D eigenvalue weighted by Crippen LogP contribution is -2.46. The molecule has 6 nitrogen and oxygen atoms in total. The van der Waals surface area contributed by atoms with Crippen LogP contribution < -0.4 is 5.32 Å². The fourth-order valence-electron chi connectivity index (χ4n) is 4.49. The van der Waals surface area contributed by atoms with Crippen molar-refractivity contribution in [3.8, 4) is 6.07 Å². The molecule has 1 saturated carbocycles. The number of furan rings is 1. The molecule has 2 aromatic rings. The molecule has 0 unspecified atom stereocenters. The SMILES string of the molecule is N#Cc1cc2c(Br)c(NC3CCC(N4CCC[C@@H](CO)C4)CC3)ncc2o1. The van der Waals surface area contributed by atoms with Gasteiger partial charge in [0.2, 0.25) is 5.76 Å². The fraction of sp³-hybridized carbons (Fsp3) is 0.600. The summed E-state index contributed by atoms with van der Waals surface area (Å²) in [4.78, 5) is 7.07. The first-order valence-electron chi connectivity index (χ1n) is 9.77. The van der Waals surface area contributed by atoms with E-state index in [0.717, 1.165) is 41.5 Å². The lowest BCUT2D eigenvalue weighted by atomic mass is 9.88. The number of fused-ring (bicyclic) bond motifs is 1. The molecule has 2 aliphatic rings. The summed E-state index contributed by atoms with van der Waals surface area (Å²) in [5.41, 5.74) is 0.621. The van der Waals surface area contributed by atoms with Crippen LogP contribution in [0.1, 0.15) is 44.3 Å². The summed E-state index contributed by atoms with van der Waals surface area (Å²) in [7, 11) is 0. The van der Waals surface area contributed by atoms with Crippen LogP contribution in [-0.2, 0) is 0 Å². The summed E-state index contributed by atoms with van der Waals surface area (Å²) in [5, 5.41) is 22.9. The second-order valence-electron chi connectivity index (χ2n) is 7.76. The molecule has 0 aromatic carbocycles. The monoisotopic (exact) mass is 432 g/mol. The lowest BCUT2D eigenvalue weighted by Gasteiger charge is -2.41. The van der Waals surface area contributed by atoms with E-state index in [1.54, 1.807) is 12.3 Å². The van der Waals surface area contributed by atoms with Crippen LogP contribution in [0.25, 0.3) is 11.0 Å². The van der Waals surface area contributed by atoms with Crippen LogP contribution in [-0.4, -0.2) is 46.8 Å². The van der Waals surface area contributed by atoms with E-state index < -0.39 is 0 Å². The molecule has 144 valence electrons. The predicted octanol–water partition coefficient (Wildman–Crippen LogP) is 3.89. The maximum absolute atomic E-state index is 9.46. The number of nitrogens with one attached hydrogen (secondary N) is 1. The second kappa shape index (κ2) is 8.17. The van der Waals surface area contributed by atoms with E-state index in [9.17, 15) is 5.11 Å². The Kier molecular flexibility index (Phi) is 5.67. The van der Waals surface area contributed by atoms with Crippen molar-refractivity contribution in [1.82, 2.24) is 9.88 Å². The molecule has 0 spiro atoms. The van der Waals surface area contributed by atoms with Gasteiger partial charge in [-0.3, -0.25) is 0 Å². The number of halogens is 1. The van der Waals surface area contributed by atoms with E-state index in [2.05, 4.69) is 31.1 Å². The van der Waals surface area contributed by atoms with Crippen molar-refractivity contribution in [3.63, 3.8) is 0 Å². The smallest absolute Gasteiger partial charge is 0.204 e. The van der Waals surface area contributed by atoms with Crippen LogP contribution in [0.3, 0.4) is 0 Å². The van der Waals surface area contributed by atoms with E-state index in [-0.39, 0.29) is 0 Å². The highest BCUT2D eigenvalue weighted by atomic mass is 79.9. The van der Waals surface area contributed by atoms with Crippen LogP contribution >= 0.6 is 15.9 Å². The molecule has 0 radical (unpaired) electrons. The largest absolute Gasteiger partial charge is 0.444 e. The fourth-order valence-corrected chi connectivity index (χ4v) is 5.02. The van der Waals surface area contributed by atoms with Crippen molar-refractivity contribution in [2.45, 2.75) is 50.6 Å². The molecule has 2 N–H and O–H groups in total. The third-order valence-electron chi connectivity index (χ3n) is 5.99. The number of aromatic nitrogens is 1. The number of nitrogens with zero attached hydrogens (tertiary/aromatic N) is 3. The van der Waals surface area contributed by atoms with Crippen molar-refractivity contribution >= 4 is 32.7 Å². The van der Waals surface area contributed by atoms with Gasteiger partial charge in [0.15, 0.2) is 5.58 Å². The standard InChI is InChI=1S/C20H25BrN4O2/c21-19-17-8-16(9-22)27-18(17)10-23-20(19)24-14-3-5-15(6-4-14)25-7-1-2-13(11-25)12-26/h8,10,13-15,26H,1-7,11-12H2,(H,23,24)/t13-,14?,15?/m1/s1. The molecular formula is C20H25BrN4O2. The predicted molar refractivity (Wildman–Crippen MR) is 107 cm³/mol. The molecule has 4 rings (SSSR count). The number of pyridine rings is 1. The number of nitriles is 1. The Balaban J connectivity index is 1.37. The van der Waals surface area contributed by atoms with E-state index in [1.807, 2.05) is 6.07 Å². The minimum Gasteiger partial charge on any atom is -0.444 e. The summed E-state index contributed by atoms with van der Waals surface area (Å²) in [6.45, 7) is 2.53. The molecule has 7 heteroatoms. The zero-order valence-electron chi connectivity index (χ0n) is 15.3. The number of hydrogen-bond acceptors (Lipinski definition) is 6. The third kappa shape index (κ3) is 3.98. The zero-order valence-corrected chi connectivity index (χ0v) is 16.9. The Morgan fingerprint density at radius 1 is 1.33 bits per heavy atom. The Bertz CT molecular complexity index is 838. The van der Waals surface area contributed by atoms with Gasteiger partial charge in [-0.05, 0) is 66.9 Å². The molecule has 2 aromatic heterocycles. The van der Waals surface area contributed by atoms with Gasteiger partial charge in [0.1, 0.15) is 11.9 Å². The normalized spacial score (nSPS) is 26.8. The van der Waals surface area contributed by atoms with Gasteiger partial charge in [0, 0.05) is 36.7 Å². The summed E-state index contributed by atoms with van der Waals surface area (Å²) in [6, 6.07) is 4.83. The Morgan fingerprint density at radius 2 is 2.15 bits per heavy atom. The van der Waals surface area contributed by atoms with E-state index in [4.69, 9.17) is 9.68 Å². The molecule has 1 aliphatic carbocycles. The van der Waals surface area contributed by atoms with Gasteiger partial charge in [0.05, 0.1) is 10.7 Å². The molecule has 1 aliphatic heterocycles. The first-order chi connectivity index (χ1) is 13.2. The number of hydrogen-bond donors (Lipinski definition) is 2. The van der Waals surface area contributed by atoms with Gasteiger partial charge in [-0.2, -0.15) is 5.26 Å². The quantitative estimate of drug-likeness (QED) is 0.761. The van der Waals surface area contributed by atoms with E-state index >= 15 is 0 Å². The maximum Gasteiger partial charge on any atom is 0.204 e. The molecule has 0 bridgehead atoms. The topological polar surface area (TPSA) is 85.3 Å². The highest BCUT2D eigenvalue weighted by Gasteiger charge is 2.29. The molecule has 27 heavy (non-hydrogen) atoms. The zero-order chi connectivity index (χ0) is 18.8. The summed E-state index contributed by atoms with van der Waals surface area (Å²) >= 11 is 3.61. The highest BCUT2D eigenvalue weighted by molar-refractivity contribution is 9.10. The number of anilines is 1. The molecular weight excluding hydrogens is 408 g/mol. The van der Waals surface area contributed by atoms with Crippen LogP contribution in [0.15, 0.2) is 21.2 Å². The van der Waals surface area contributed by atoms with Gasteiger partial charge in [-0.25, -0.2) is 4.98 Å². The molecule has 1 saturated heterocycles. The van der Waals surface area contributed by atoms with Crippen molar-refractivity contribution < 1.29 is 9.52 Å². The maximum atomic E-state index is 9.46. The van der Waals surface area contributed by atoms with Crippen LogP contribution in [0.4, 0.5) is 5.82 Å². The average Bonchev–Trinajstić information content (AvgIpc) is 3.15. The van der Waals surface area contributed by atoms with Crippen molar-refractivity contribution in [3.05, 3.63) is 22.5 Å². The van der Waals surface area contributed by atoms with Crippen LogP contribution in [0.2, 0.25) is 0 Å². The Hall–Kier alpha value is -1.62. The summed E-state index contributed by atoms with van der Waals surface area (Å²) < 4.78 is 6.29. The summed E-state index contributed by atoms with van der Waals surface area (Å²) in [5.74, 6) is 1.57. The third-order valence-corrected chi connectivity index (χ3v) is 6.79. The Morgan fingerprint density at radius 3 is 2.89 bits per heavy atom. The molecule has 0 amide bonds. The number of likely N-dealkylation sites (tertiary alicyclic amines) is 1. The van der Waals surface area contributed by atoms with Gasteiger partial charge in [-0.1, -0.05) is 0 Å². The van der Waals surface area contributed by atoms with Gasteiger partial charge in [-0.15, -0.1) is 0 Å². The average molecular weight is 433 g/mol. The van der Waals surface area contributed by atoms with Gasteiger partial charge < -0.3 is 19.7 Å². The van der Waals surface area contributed by atoms with Gasteiger partial charge in [0.25, 0.3) is 0 Å². The van der Waals surface area contributed by atoms with Crippen LogP contribution in [0, 0.1) is 17.2 Å². The molecule has 3 heterocycles. The number of piperidine rings is 1. The summed E-state index contributed by atoms with van der Waals surface area (Å²) in [6.07, 6.45) is 8.64. The molecule has 2 fully saturated rings. The minimum atomic E-state index is 0.299. The second-order valence-corrected chi connectivity index (χ2v) is 8.55. The number of aliphatic hydroxyl groups is 1. The lowest BCUT2D eigenvalue weighted by molar-refractivity contribution is 0.0708. The first-order valence-corrected chi connectivity index (χ1v) is 10.6. The van der Waals surface area contributed by atoms with Crippen molar-refractivity contribution in [2.24, 2.45) is 5.92 Å². The Labute approximate surface area is 167 Å². The minimum absolute atomic E-state index is 0.299. The van der Waals surface area contributed by atoms with Crippen molar-refractivity contribution in [2.75, 3.05) is 25.0 Å². The highest BCUT2D eigenvalue weighted by Crippen LogP contribution is 2.34. The van der Waals surface area contributed by atoms with Gasteiger partial charge >= 0.3 is 0 Å².